The van der Waals surface area contributed by atoms with Crippen molar-refractivity contribution in [1.29, 1.82) is 0 Å². The minimum Gasteiger partial charge on any atom is -0.495 e. The number of rotatable bonds is 7. The summed E-state index contributed by atoms with van der Waals surface area (Å²) in [5.74, 6) is 1.31. The number of methoxy groups -OCH3 is 1. The van der Waals surface area contributed by atoms with Gasteiger partial charge in [0.2, 0.25) is 10.0 Å². The van der Waals surface area contributed by atoms with Gasteiger partial charge in [0.05, 0.1) is 23.4 Å². The number of nitrogens with zero attached hydrogens (tertiary/aromatic N) is 1. The Bertz CT molecular complexity index is 822. The first-order chi connectivity index (χ1) is 11.4. The zero-order valence-corrected chi connectivity index (χ0v) is 14.7. The van der Waals surface area contributed by atoms with Gasteiger partial charge in [-0.3, -0.25) is 0 Å². The van der Waals surface area contributed by atoms with Crippen LogP contribution in [0.4, 0.5) is 5.69 Å². The average Bonchev–Trinajstić information content (AvgIpc) is 3.29. The van der Waals surface area contributed by atoms with Crippen molar-refractivity contribution in [3.63, 3.8) is 0 Å². The van der Waals surface area contributed by atoms with E-state index in [2.05, 4.69) is 15.2 Å². The summed E-state index contributed by atoms with van der Waals surface area (Å²) < 4.78 is 37.9. The highest BCUT2D eigenvalue weighted by Gasteiger charge is 2.28. The molecule has 0 bridgehead atoms. The molecule has 1 fully saturated rings. The SMILES string of the molecule is COc1ccc(S(=O)(=O)NC2CC2)cc1NCc1c(C)noc1C. The Morgan fingerprint density at radius 1 is 1.33 bits per heavy atom. The summed E-state index contributed by atoms with van der Waals surface area (Å²) in [5, 5.41) is 7.13. The van der Waals surface area contributed by atoms with E-state index in [4.69, 9.17) is 9.26 Å². The number of hydrogen-bond donors (Lipinski definition) is 2. The van der Waals surface area contributed by atoms with Gasteiger partial charge in [0.25, 0.3) is 0 Å². The second-order valence-electron chi connectivity index (χ2n) is 5.91. The third-order valence-electron chi connectivity index (χ3n) is 4.02. The van der Waals surface area contributed by atoms with Crippen molar-refractivity contribution in [2.45, 2.75) is 44.2 Å². The van der Waals surface area contributed by atoms with Crippen LogP contribution in [-0.2, 0) is 16.6 Å². The standard InChI is InChI=1S/C16H21N3O4S/c1-10-14(11(2)23-18-10)9-17-15-8-13(6-7-16(15)22-3)24(20,21)19-12-4-5-12/h6-8,12,17,19H,4-5,9H2,1-3H3. The van der Waals surface area contributed by atoms with Crippen LogP contribution in [0.2, 0.25) is 0 Å². The predicted octanol–water partition coefficient (Wildman–Crippen LogP) is 2.35. The Balaban J connectivity index is 1.84. The highest BCUT2D eigenvalue weighted by atomic mass is 32.2. The van der Waals surface area contributed by atoms with E-state index in [9.17, 15) is 8.42 Å². The molecule has 0 radical (unpaired) electrons. The minimum atomic E-state index is -3.51. The van der Waals surface area contributed by atoms with Crippen LogP contribution in [0.1, 0.15) is 29.9 Å². The molecule has 8 heteroatoms. The van der Waals surface area contributed by atoms with Gasteiger partial charge < -0.3 is 14.6 Å². The van der Waals surface area contributed by atoms with Crippen LogP contribution in [-0.4, -0.2) is 26.7 Å². The van der Waals surface area contributed by atoms with Gasteiger partial charge in [0, 0.05) is 18.2 Å². The van der Waals surface area contributed by atoms with Crippen LogP contribution in [0, 0.1) is 13.8 Å². The maximum atomic E-state index is 12.4. The molecule has 7 nitrogen and oxygen atoms in total. The molecule has 24 heavy (non-hydrogen) atoms. The lowest BCUT2D eigenvalue weighted by molar-refractivity contribution is 0.392. The molecule has 3 rings (SSSR count). The summed E-state index contributed by atoms with van der Waals surface area (Å²) in [6, 6.07) is 4.85. The van der Waals surface area contributed by atoms with E-state index in [1.54, 1.807) is 25.3 Å². The molecule has 1 aliphatic carbocycles. The van der Waals surface area contributed by atoms with Gasteiger partial charge in [-0.1, -0.05) is 5.16 Å². The Kier molecular flexibility index (Phi) is 4.51. The van der Waals surface area contributed by atoms with Crippen molar-refractivity contribution in [1.82, 2.24) is 9.88 Å². The molecule has 1 heterocycles. The van der Waals surface area contributed by atoms with Crippen molar-refractivity contribution in [3.8, 4) is 5.75 Å². The van der Waals surface area contributed by atoms with Crippen molar-refractivity contribution >= 4 is 15.7 Å². The first-order valence-corrected chi connectivity index (χ1v) is 9.25. The Hall–Kier alpha value is -2.06. The molecule has 0 spiro atoms. The van der Waals surface area contributed by atoms with Crippen LogP contribution >= 0.6 is 0 Å². The summed E-state index contributed by atoms with van der Waals surface area (Å²) in [6.07, 6.45) is 1.79. The summed E-state index contributed by atoms with van der Waals surface area (Å²) in [4.78, 5) is 0.219. The molecule has 1 aromatic carbocycles. The Morgan fingerprint density at radius 3 is 2.67 bits per heavy atom. The van der Waals surface area contributed by atoms with Crippen LogP contribution in [0.3, 0.4) is 0 Å². The highest BCUT2D eigenvalue weighted by molar-refractivity contribution is 7.89. The molecule has 1 saturated carbocycles. The Labute approximate surface area is 141 Å². The van der Waals surface area contributed by atoms with Gasteiger partial charge in [-0.05, 0) is 44.9 Å². The highest BCUT2D eigenvalue weighted by Crippen LogP contribution is 2.30. The number of sulfonamides is 1. The predicted molar refractivity (Wildman–Crippen MR) is 89.6 cm³/mol. The molecular formula is C16H21N3O4S. The molecule has 1 aromatic heterocycles. The smallest absolute Gasteiger partial charge is 0.240 e. The van der Waals surface area contributed by atoms with E-state index >= 15 is 0 Å². The van der Waals surface area contributed by atoms with Crippen LogP contribution < -0.4 is 14.8 Å². The molecule has 0 unspecified atom stereocenters. The first kappa shape index (κ1) is 16.8. The van der Waals surface area contributed by atoms with E-state index in [-0.39, 0.29) is 10.9 Å². The fraction of sp³-hybridized carbons (Fsp3) is 0.438. The van der Waals surface area contributed by atoms with E-state index in [1.165, 1.54) is 0 Å². The number of benzene rings is 1. The van der Waals surface area contributed by atoms with Gasteiger partial charge >= 0.3 is 0 Å². The first-order valence-electron chi connectivity index (χ1n) is 7.76. The lowest BCUT2D eigenvalue weighted by atomic mass is 10.2. The molecule has 2 N–H and O–H groups in total. The van der Waals surface area contributed by atoms with Gasteiger partial charge in [-0.2, -0.15) is 0 Å². The Morgan fingerprint density at radius 2 is 2.08 bits per heavy atom. The van der Waals surface area contributed by atoms with E-state index in [0.717, 1.165) is 29.9 Å². The molecular weight excluding hydrogens is 330 g/mol. The molecule has 130 valence electrons. The minimum absolute atomic E-state index is 0.0656. The molecule has 0 amide bonds. The number of aromatic nitrogens is 1. The van der Waals surface area contributed by atoms with E-state index in [0.29, 0.717) is 18.0 Å². The number of nitrogens with one attached hydrogen (secondary N) is 2. The van der Waals surface area contributed by atoms with Crippen LogP contribution in [0.5, 0.6) is 5.75 Å². The molecule has 2 aromatic rings. The second kappa shape index (κ2) is 6.45. The van der Waals surface area contributed by atoms with Gasteiger partial charge in [0.15, 0.2) is 0 Å². The van der Waals surface area contributed by atoms with Crippen molar-refractivity contribution in [2.24, 2.45) is 0 Å². The average molecular weight is 351 g/mol. The van der Waals surface area contributed by atoms with Crippen LogP contribution in [0.15, 0.2) is 27.6 Å². The van der Waals surface area contributed by atoms with Gasteiger partial charge in [0.1, 0.15) is 11.5 Å². The monoisotopic (exact) mass is 351 g/mol. The number of hydrogen-bond acceptors (Lipinski definition) is 6. The largest absolute Gasteiger partial charge is 0.495 e. The molecule has 1 aliphatic rings. The number of aryl methyl sites for hydroxylation is 2. The third-order valence-corrected chi connectivity index (χ3v) is 5.54. The van der Waals surface area contributed by atoms with Crippen molar-refractivity contribution in [2.75, 3.05) is 12.4 Å². The number of ether oxygens (including phenoxy) is 1. The quantitative estimate of drug-likeness (QED) is 0.795. The fourth-order valence-corrected chi connectivity index (χ4v) is 3.75. The summed E-state index contributed by atoms with van der Waals surface area (Å²) in [7, 11) is -1.96. The molecule has 0 saturated heterocycles. The maximum absolute atomic E-state index is 12.4. The molecule has 0 aliphatic heterocycles. The normalized spacial score (nSPS) is 14.6. The van der Waals surface area contributed by atoms with Crippen LogP contribution in [0.25, 0.3) is 0 Å². The molecule has 0 atom stereocenters. The van der Waals surface area contributed by atoms with E-state index in [1.807, 2.05) is 13.8 Å². The van der Waals surface area contributed by atoms with Crippen molar-refractivity contribution < 1.29 is 17.7 Å². The zero-order chi connectivity index (χ0) is 17.3. The second-order valence-corrected chi connectivity index (χ2v) is 7.63. The maximum Gasteiger partial charge on any atom is 0.240 e. The summed E-state index contributed by atoms with van der Waals surface area (Å²) in [5.41, 5.74) is 2.36. The summed E-state index contributed by atoms with van der Waals surface area (Å²) in [6.45, 7) is 4.18. The number of anilines is 1. The third kappa shape index (κ3) is 3.54. The lowest BCUT2D eigenvalue weighted by Crippen LogP contribution is -2.25. The van der Waals surface area contributed by atoms with E-state index < -0.39 is 10.0 Å². The van der Waals surface area contributed by atoms with Gasteiger partial charge in [-0.15, -0.1) is 0 Å². The fourth-order valence-electron chi connectivity index (χ4n) is 2.42. The topological polar surface area (TPSA) is 93.5 Å². The van der Waals surface area contributed by atoms with Gasteiger partial charge in [-0.25, -0.2) is 13.1 Å². The zero-order valence-electron chi connectivity index (χ0n) is 13.9. The lowest BCUT2D eigenvalue weighted by Gasteiger charge is -2.13. The van der Waals surface area contributed by atoms with Crippen molar-refractivity contribution in [3.05, 3.63) is 35.2 Å². The summed E-state index contributed by atoms with van der Waals surface area (Å²) >= 11 is 0.